The van der Waals surface area contributed by atoms with Crippen LogP contribution in [0.2, 0.25) is 5.02 Å². The second-order valence-corrected chi connectivity index (χ2v) is 4.20. The van der Waals surface area contributed by atoms with Crippen LogP contribution in [0, 0.1) is 6.92 Å². The summed E-state index contributed by atoms with van der Waals surface area (Å²) in [6, 6.07) is 5.52. The lowest BCUT2D eigenvalue weighted by Crippen LogP contribution is -2.30. The minimum Gasteiger partial charge on any atom is -0.328 e. The number of fused-ring (bicyclic) bond motifs is 1. The van der Waals surface area contributed by atoms with Crippen molar-refractivity contribution >= 4 is 28.5 Å². The zero-order valence-electron chi connectivity index (χ0n) is 9.40. The van der Waals surface area contributed by atoms with Crippen molar-refractivity contribution in [2.75, 3.05) is 0 Å². The number of aromatic nitrogens is 2. The fourth-order valence-corrected chi connectivity index (χ4v) is 1.96. The van der Waals surface area contributed by atoms with Gasteiger partial charge in [-0.15, -0.1) is 0 Å². The van der Waals surface area contributed by atoms with Crippen LogP contribution in [-0.2, 0) is 11.3 Å². The van der Waals surface area contributed by atoms with Crippen LogP contribution in [0.25, 0.3) is 11.0 Å². The smallest absolute Gasteiger partial charge is 0.235 e. The van der Waals surface area contributed by atoms with Gasteiger partial charge in [-0.3, -0.25) is 10.2 Å². The molecule has 0 aliphatic carbocycles. The van der Waals surface area contributed by atoms with E-state index < -0.39 is 0 Å². The van der Waals surface area contributed by atoms with E-state index in [0.717, 1.165) is 16.9 Å². The highest BCUT2D eigenvalue weighted by atomic mass is 35.5. The van der Waals surface area contributed by atoms with Crippen molar-refractivity contribution in [1.29, 1.82) is 0 Å². The number of hydrogen-bond donors (Lipinski definition) is 2. The first-order valence-corrected chi connectivity index (χ1v) is 5.61. The molecule has 0 spiro atoms. The van der Waals surface area contributed by atoms with E-state index in [0.29, 0.717) is 18.0 Å². The third-order valence-electron chi connectivity index (χ3n) is 2.62. The SMILES string of the molecule is Cc1nc2cc(Cl)ccc2n1CCC(=O)NN. The van der Waals surface area contributed by atoms with Gasteiger partial charge in [0, 0.05) is 18.0 Å². The first-order valence-electron chi connectivity index (χ1n) is 5.23. The van der Waals surface area contributed by atoms with Crippen LogP contribution in [0.4, 0.5) is 0 Å². The minimum atomic E-state index is -0.194. The molecule has 0 bridgehead atoms. The van der Waals surface area contributed by atoms with Gasteiger partial charge in [0.1, 0.15) is 5.82 Å². The first kappa shape index (κ1) is 11.9. The van der Waals surface area contributed by atoms with Gasteiger partial charge in [-0.2, -0.15) is 0 Å². The molecular formula is C11H13ClN4O. The van der Waals surface area contributed by atoms with Crippen molar-refractivity contribution in [2.24, 2.45) is 5.84 Å². The molecule has 1 aromatic heterocycles. The Morgan fingerprint density at radius 3 is 3.06 bits per heavy atom. The largest absolute Gasteiger partial charge is 0.328 e. The molecule has 0 radical (unpaired) electrons. The number of nitrogens with two attached hydrogens (primary N) is 1. The van der Waals surface area contributed by atoms with Crippen molar-refractivity contribution in [3.05, 3.63) is 29.0 Å². The molecule has 1 amide bonds. The van der Waals surface area contributed by atoms with E-state index >= 15 is 0 Å². The topological polar surface area (TPSA) is 72.9 Å². The molecule has 0 aliphatic rings. The number of hydrogen-bond acceptors (Lipinski definition) is 3. The molecular weight excluding hydrogens is 240 g/mol. The van der Waals surface area contributed by atoms with E-state index in [2.05, 4.69) is 10.4 Å². The summed E-state index contributed by atoms with van der Waals surface area (Å²) >= 11 is 5.90. The molecule has 0 atom stereocenters. The van der Waals surface area contributed by atoms with Gasteiger partial charge in [-0.05, 0) is 25.1 Å². The minimum absolute atomic E-state index is 0.194. The van der Waals surface area contributed by atoms with Crippen LogP contribution >= 0.6 is 11.6 Å². The molecule has 0 saturated carbocycles. The fraction of sp³-hybridized carbons (Fsp3) is 0.273. The number of nitrogens with one attached hydrogen (secondary N) is 1. The number of rotatable bonds is 3. The Morgan fingerprint density at radius 1 is 1.59 bits per heavy atom. The summed E-state index contributed by atoms with van der Waals surface area (Å²) in [5, 5.41) is 0.654. The molecule has 0 saturated heterocycles. The van der Waals surface area contributed by atoms with Gasteiger partial charge in [0.25, 0.3) is 0 Å². The maximum absolute atomic E-state index is 11.1. The number of halogens is 1. The van der Waals surface area contributed by atoms with E-state index in [4.69, 9.17) is 17.4 Å². The maximum Gasteiger partial charge on any atom is 0.235 e. The number of amides is 1. The zero-order valence-corrected chi connectivity index (χ0v) is 10.2. The van der Waals surface area contributed by atoms with Gasteiger partial charge in [0.05, 0.1) is 11.0 Å². The normalized spacial score (nSPS) is 10.8. The monoisotopic (exact) mass is 252 g/mol. The number of carbonyl (C=O) groups is 1. The highest BCUT2D eigenvalue weighted by Gasteiger charge is 2.08. The van der Waals surface area contributed by atoms with Crippen molar-refractivity contribution in [3.8, 4) is 0 Å². The van der Waals surface area contributed by atoms with Crippen molar-refractivity contribution in [2.45, 2.75) is 19.9 Å². The molecule has 1 aromatic carbocycles. The molecule has 0 aliphatic heterocycles. The Bertz CT molecular complexity index is 564. The number of hydrazine groups is 1. The molecule has 90 valence electrons. The lowest BCUT2D eigenvalue weighted by Gasteiger charge is -2.05. The Kier molecular flexibility index (Phi) is 3.31. The van der Waals surface area contributed by atoms with Gasteiger partial charge in [-0.1, -0.05) is 11.6 Å². The van der Waals surface area contributed by atoms with Gasteiger partial charge in [-0.25, -0.2) is 10.8 Å². The van der Waals surface area contributed by atoms with Gasteiger partial charge >= 0.3 is 0 Å². The molecule has 5 nitrogen and oxygen atoms in total. The second kappa shape index (κ2) is 4.73. The highest BCUT2D eigenvalue weighted by Crippen LogP contribution is 2.20. The first-order chi connectivity index (χ1) is 8.11. The molecule has 3 N–H and O–H groups in total. The third-order valence-corrected chi connectivity index (χ3v) is 2.86. The quantitative estimate of drug-likeness (QED) is 0.492. The number of carbonyl (C=O) groups excluding carboxylic acids is 1. The van der Waals surface area contributed by atoms with Crippen LogP contribution in [0.3, 0.4) is 0 Å². The summed E-state index contributed by atoms with van der Waals surface area (Å²) in [5.74, 6) is 5.70. The summed E-state index contributed by atoms with van der Waals surface area (Å²) in [5.41, 5.74) is 3.92. The van der Waals surface area contributed by atoms with E-state index in [1.165, 1.54) is 0 Å². The fourth-order valence-electron chi connectivity index (χ4n) is 1.79. The molecule has 2 aromatic rings. The van der Waals surface area contributed by atoms with Crippen LogP contribution < -0.4 is 11.3 Å². The number of benzene rings is 1. The average molecular weight is 253 g/mol. The molecule has 2 rings (SSSR count). The molecule has 0 fully saturated rings. The average Bonchev–Trinajstić information content (AvgIpc) is 2.61. The number of imidazole rings is 1. The predicted molar refractivity (Wildman–Crippen MR) is 66.4 cm³/mol. The summed E-state index contributed by atoms with van der Waals surface area (Å²) < 4.78 is 1.97. The summed E-state index contributed by atoms with van der Waals surface area (Å²) in [6.45, 7) is 2.45. The lowest BCUT2D eigenvalue weighted by atomic mass is 10.3. The second-order valence-electron chi connectivity index (χ2n) is 3.76. The van der Waals surface area contributed by atoms with Gasteiger partial charge in [0.15, 0.2) is 0 Å². The van der Waals surface area contributed by atoms with Crippen LogP contribution in [0.15, 0.2) is 18.2 Å². The van der Waals surface area contributed by atoms with Crippen molar-refractivity contribution < 1.29 is 4.79 Å². The number of aryl methyl sites for hydroxylation is 2. The molecule has 6 heteroatoms. The Hall–Kier alpha value is -1.59. The number of nitrogens with zero attached hydrogens (tertiary/aromatic N) is 2. The lowest BCUT2D eigenvalue weighted by molar-refractivity contribution is -0.121. The van der Waals surface area contributed by atoms with E-state index in [9.17, 15) is 4.79 Å². The standard InChI is InChI=1S/C11H13ClN4O/c1-7-14-9-6-8(12)2-3-10(9)16(7)5-4-11(17)15-13/h2-3,6H,4-5,13H2,1H3,(H,15,17). The molecule has 1 heterocycles. The van der Waals surface area contributed by atoms with Crippen LogP contribution in [-0.4, -0.2) is 15.5 Å². The predicted octanol–water partition coefficient (Wildman–Crippen LogP) is 1.38. The summed E-state index contributed by atoms with van der Waals surface area (Å²) in [7, 11) is 0. The summed E-state index contributed by atoms with van der Waals surface area (Å²) in [6.07, 6.45) is 0.325. The van der Waals surface area contributed by atoms with Crippen molar-refractivity contribution in [3.63, 3.8) is 0 Å². The Labute approximate surface area is 104 Å². The van der Waals surface area contributed by atoms with E-state index in [-0.39, 0.29) is 5.91 Å². The third kappa shape index (κ3) is 2.40. The zero-order chi connectivity index (χ0) is 12.4. The van der Waals surface area contributed by atoms with Gasteiger partial charge < -0.3 is 4.57 Å². The van der Waals surface area contributed by atoms with Crippen LogP contribution in [0.5, 0.6) is 0 Å². The Morgan fingerprint density at radius 2 is 2.35 bits per heavy atom. The van der Waals surface area contributed by atoms with E-state index in [1.54, 1.807) is 0 Å². The van der Waals surface area contributed by atoms with E-state index in [1.807, 2.05) is 29.7 Å². The van der Waals surface area contributed by atoms with Crippen LogP contribution in [0.1, 0.15) is 12.2 Å². The van der Waals surface area contributed by atoms with Gasteiger partial charge in [0.2, 0.25) is 5.91 Å². The highest BCUT2D eigenvalue weighted by molar-refractivity contribution is 6.31. The molecule has 17 heavy (non-hydrogen) atoms. The Balaban J connectivity index is 2.33. The van der Waals surface area contributed by atoms with Crippen molar-refractivity contribution in [1.82, 2.24) is 15.0 Å². The maximum atomic E-state index is 11.1. The molecule has 0 unspecified atom stereocenters. The summed E-state index contributed by atoms with van der Waals surface area (Å²) in [4.78, 5) is 15.5.